The first kappa shape index (κ1) is 9.26. The number of aromatic nitrogens is 2. The van der Waals surface area contributed by atoms with Crippen molar-refractivity contribution in [2.45, 2.75) is 51.0 Å². The van der Waals surface area contributed by atoms with Crippen LogP contribution in [-0.4, -0.2) is 9.55 Å². The lowest BCUT2D eigenvalue weighted by molar-refractivity contribution is -0.0440. The van der Waals surface area contributed by atoms with Gasteiger partial charge in [0.05, 0.1) is 0 Å². The number of aryl methyl sites for hydroxylation is 1. The van der Waals surface area contributed by atoms with Crippen LogP contribution in [0.5, 0.6) is 0 Å². The maximum absolute atomic E-state index is 4.44. The molecule has 4 bridgehead atoms. The molecule has 4 saturated carbocycles. The Hall–Kier alpha value is -0.790. The number of hydrogen-bond donors (Lipinski definition) is 0. The molecule has 0 atom stereocenters. The summed E-state index contributed by atoms with van der Waals surface area (Å²) in [6.45, 7) is 2.17. The highest BCUT2D eigenvalue weighted by molar-refractivity contribution is 5.09. The van der Waals surface area contributed by atoms with Gasteiger partial charge in [-0.15, -0.1) is 0 Å². The molecule has 1 aromatic rings. The summed E-state index contributed by atoms with van der Waals surface area (Å²) in [5.41, 5.74) is 0.468. The summed E-state index contributed by atoms with van der Waals surface area (Å²) in [6.07, 6.45) is 13.0. The standard InChI is InChI=1S/C14H20N2/c1-10-15-2-3-16(10)14-7-11-4-12(8-14)6-13(5-11)9-14/h2-3,11-13H,4-9H2,1H3. The molecule has 5 rings (SSSR count). The summed E-state index contributed by atoms with van der Waals surface area (Å²) in [6, 6.07) is 0. The molecule has 0 aliphatic heterocycles. The number of nitrogens with zero attached hydrogens (tertiary/aromatic N) is 2. The van der Waals surface area contributed by atoms with Crippen LogP contribution in [-0.2, 0) is 5.54 Å². The minimum atomic E-state index is 0.468. The van der Waals surface area contributed by atoms with E-state index in [1.165, 1.54) is 44.3 Å². The molecule has 2 nitrogen and oxygen atoms in total. The molecule has 86 valence electrons. The van der Waals surface area contributed by atoms with Crippen molar-refractivity contribution in [3.63, 3.8) is 0 Å². The van der Waals surface area contributed by atoms with Gasteiger partial charge in [0.2, 0.25) is 0 Å². The molecule has 0 N–H and O–H groups in total. The highest BCUT2D eigenvalue weighted by Crippen LogP contribution is 2.58. The van der Waals surface area contributed by atoms with Gasteiger partial charge >= 0.3 is 0 Å². The smallest absolute Gasteiger partial charge is 0.105 e. The number of rotatable bonds is 1. The molecule has 0 saturated heterocycles. The van der Waals surface area contributed by atoms with Gasteiger partial charge < -0.3 is 4.57 Å². The molecule has 0 aromatic carbocycles. The van der Waals surface area contributed by atoms with Crippen LogP contribution in [0.25, 0.3) is 0 Å². The van der Waals surface area contributed by atoms with E-state index in [0.717, 1.165) is 17.8 Å². The van der Waals surface area contributed by atoms with Crippen LogP contribution in [0.4, 0.5) is 0 Å². The second-order valence-corrected chi connectivity index (χ2v) is 6.49. The van der Waals surface area contributed by atoms with Gasteiger partial charge in [0.25, 0.3) is 0 Å². The summed E-state index contributed by atoms with van der Waals surface area (Å²) >= 11 is 0. The molecule has 2 heteroatoms. The van der Waals surface area contributed by atoms with Crippen molar-refractivity contribution in [2.75, 3.05) is 0 Å². The van der Waals surface area contributed by atoms with Crippen LogP contribution < -0.4 is 0 Å². The summed E-state index contributed by atoms with van der Waals surface area (Å²) in [4.78, 5) is 4.44. The van der Waals surface area contributed by atoms with Gasteiger partial charge in [-0.1, -0.05) is 0 Å². The van der Waals surface area contributed by atoms with Gasteiger partial charge in [-0.05, 0) is 63.2 Å². The van der Waals surface area contributed by atoms with Crippen molar-refractivity contribution < 1.29 is 0 Å². The summed E-state index contributed by atoms with van der Waals surface area (Å²) in [5, 5.41) is 0. The number of hydrogen-bond acceptors (Lipinski definition) is 1. The van der Waals surface area contributed by atoms with Crippen molar-refractivity contribution in [3.05, 3.63) is 18.2 Å². The minimum Gasteiger partial charge on any atom is -0.329 e. The van der Waals surface area contributed by atoms with Crippen molar-refractivity contribution in [1.29, 1.82) is 0 Å². The fraction of sp³-hybridized carbons (Fsp3) is 0.786. The fourth-order valence-electron chi connectivity index (χ4n) is 5.24. The largest absolute Gasteiger partial charge is 0.329 e. The zero-order valence-corrected chi connectivity index (χ0v) is 10.0. The topological polar surface area (TPSA) is 17.8 Å². The van der Waals surface area contributed by atoms with E-state index in [1.54, 1.807) is 0 Å². The second-order valence-electron chi connectivity index (χ2n) is 6.49. The lowest BCUT2D eigenvalue weighted by Crippen LogP contribution is -2.51. The molecular formula is C14H20N2. The Labute approximate surface area is 97.1 Å². The molecule has 4 aliphatic carbocycles. The zero-order valence-electron chi connectivity index (χ0n) is 10.0. The average molecular weight is 216 g/mol. The van der Waals surface area contributed by atoms with Crippen LogP contribution in [0.1, 0.15) is 44.3 Å². The first-order chi connectivity index (χ1) is 7.75. The van der Waals surface area contributed by atoms with E-state index in [0.29, 0.717) is 5.54 Å². The molecule has 0 amide bonds. The Morgan fingerprint density at radius 1 is 1.12 bits per heavy atom. The van der Waals surface area contributed by atoms with Gasteiger partial charge in [0.1, 0.15) is 5.82 Å². The zero-order chi connectivity index (χ0) is 10.8. The lowest BCUT2D eigenvalue weighted by atomic mass is 9.53. The summed E-state index contributed by atoms with van der Waals surface area (Å²) in [7, 11) is 0. The fourth-order valence-corrected chi connectivity index (χ4v) is 5.24. The maximum atomic E-state index is 4.44. The third kappa shape index (κ3) is 1.11. The Kier molecular flexibility index (Phi) is 1.68. The Morgan fingerprint density at radius 2 is 1.69 bits per heavy atom. The van der Waals surface area contributed by atoms with Crippen LogP contribution in [0, 0.1) is 24.7 Å². The van der Waals surface area contributed by atoms with Crippen LogP contribution in [0.15, 0.2) is 12.4 Å². The Bertz CT molecular complexity index is 383. The highest BCUT2D eigenvalue weighted by atomic mass is 15.1. The van der Waals surface area contributed by atoms with Gasteiger partial charge in [-0.3, -0.25) is 0 Å². The van der Waals surface area contributed by atoms with E-state index >= 15 is 0 Å². The number of imidazole rings is 1. The van der Waals surface area contributed by atoms with E-state index in [-0.39, 0.29) is 0 Å². The molecule has 1 aromatic heterocycles. The molecule has 0 unspecified atom stereocenters. The van der Waals surface area contributed by atoms with Crippen LogP contribution >= 0.6 is 0 Å². The minimum absolute atomic E-state index is 0.468. The van der Waals surface area contributed by atoms with Gasteiger partial charge in [-0.25, -0.2) is 4.98 Å². The molecule has 16 heavy (non-hydrogen) atoms. The molecular weight excluding hydrogens is 196 g/mol. The Balaban J connectivity index is 1.79. The van der Waals surface area contributed by atoms with Crippen molar-refractivity contribution in [3.8, 4) is 0 Å². The molecule has 1 heterocycles. The first-order valence-corrected chi connectivity index (χ1v) is 6.76. The monoisotopic (exact) mass is 216 g/mol. The normalized spacial score (nSPS) is 45.2. The SMILES string of the molecule is Cc1nccn1C12CC3CC(CC(C3)C1)C2. The predicted octanol–water partition coefficient (Wildman–Crippen LogP) is 3.12. The van der Waals surface area contributed by atoms with Crippen molar-refractivity contribution in [1.82, 2.24) is 9.55 Å². The molecule has 4 aliphatic rings. The predicted molar refractivity (Wildman–Crippen MR) is 63.1 cm³/mol. The van der Waals surface area contributed by atoms with Crippen LogP contribution in [0.2, 0.25) is 0 Å². The van der Waals surface area contributed by atoms with E-state index in [4.69, 9.17) is 0 Å². The average Bonchev–Trinajstić information content (AvgIpc) is 2.62. The molecule has 4 fully saturated rings. The molecule has 0 spiro atoms. The second kappa shape index (κ2) is 2.91. The third-order valence-electron chi connectivity index (χ3n) is 5.34. The quantitative estimate of drug-likeness (QED) is 0.705. The lowest BCUT2D eigenvalue weighted by Gasteiger charge is -2.57. The van der Waals surface area contributed by atoms with Crippen molar-refractivity contribution >= 4 is 0 Å². The first-order valence-electron chi connectivity index (χ1n) is 6.76. The van der Waals surface area contributed by atoms with E-state index in [1.807, 2.05) is 6.20 Å². The third-order valence-corrected chi connectivity index (χ3v) is 5.34. The van der Waals surface area contributed by atoms with Crippen LogP contribution in [0.3, 0.4) is 0 Å². The van der Waals surface area contributed by atoms with Gasteiger partial charge in [0.15, 0.2) is 0 Å². The van der Waals surface area contributed by atoms with Gasteiger partial charge in [-0.2, -0.15) is 0 Å². The molecule has 0 radical (unpaired) electrons. The van der Waals surface area contributed by atoms with E-state index < -0.39 is 0 Å². The van der Waals surface area contributed by atoms with Crippen molar-refractivity contribution in [2.24, 2.45) is 17.8 Å². The Morgan fingerprint density at radius 3 is 2.12 bits per heavy atom. The van der Waals surface area contributed by atoms with E-state index in [9.17, 15) is 0 Å². The van der Waals surface area contributed by atoms with Gasteiger partial charge in [0, 0.05) is 17.9 Å². The highest BCUT2D eigenvalue weighted by Gasteiger charge is 2.52. The summed E-state index contributed by atoms with van der Waals surface area (Å²) < 4.78 is 2.51. The van der Waals surface area contributed by atoms with E-state index in [2.05, 4.69) is 22.7 Å². The maximum Gasteiger partial charge on any atom is 0.105 e. The summed E-state index contributed by atoms with van der Waals surface area (Å²) in [5.74, 6) is 4.29.